The lowest BCUT2D eigenvalue weighted by molar-refractivity contribution is -0.129. The molecule has 39 heavy (non-hydrogen) atoms. The van der Waals surface area contributed by atoms with E-state index < -0.39 is 0 Å². The summed E-state index contributed by atoms with van der Waals surface area (Å²) in [6, 6.07) is 0. The maximum atomic E-state index is 11.5. The second-order valence-corrected chi connectivity index (χ2v) is 13.8. The highest BCUT2D eigenvalue weighted by molar-refractivity contribution is 5.82. The minimum Gasteiger partial charge on any atom is -0.376 e. The van der Waals surface area contributed by atoms with Gasteiger partial charge in [0.05, 0.1) is 18.3 Å². The van der Waals surface area contributed by atoms with Crippen molar-refractivity contribution in [3.63, 3.8) is 0 Å². The zero-order valence-electron chi connectivity index (χ0n) is 26.2. The Morgan fingerprint density at radius 3 is 0.897 bits per heavy atom. The van der Waals surface area contributed by atoms with Crippen molar-refractivity contribution in [2.45, 2.75) is 119 Å². The van der Waals surface area contributed by atoms with Crippen molar-refractivity contribution in [2.75, 3.05) is 39.5 Å². The summed E-state index contributed by atoms with van der Waals surface area (Å²) in [6.07, 6.45) is 7.31. The van der Waals surface area contributed by atoms with Crippen LogP contribution in [0.1, 0.15) is 101 Å². The molecule has 0 spiro atoms. The molecule has 3 N–H and O–H groups in total. The molecule has 0 aromatic carbocycles. The lowest BCUT2D eigenvalue weighted by Crippen LogP contribution is -2.39. The van der Waals surface area contributed by atoms with Gasteiger partial charge >= 0.3 is 0 Å². The zero-order chi connectivity index (χ0) is 29.7. The van der Waals surface area contributed by atoms with Crippen LogP contribution in [-0.2, 0) is 28.6 Å². The van der Waals surface area contributed by atoms with Gasteiger partial charge in [0.2, 0.25) is 17.7 Å². The summed E-state index contributed by atoms with van der Waals surface area (Å²) in [5.41, 5.74) is -0.879. The highest BCUT2D eigenvalue weighted by atomic mass is 16.5. The molecule has 3 aliphatic rings. The zero-order valence-corrected chi connectivity index (χ0v) is 26.2. The van der Waals surface area contributed by atoms with E-state index in [4.69, 9.17) is 14.2 Å². The van der Waals surface area contributed by atoms with Crippen LogP contribution in [0.3, 0.4) is 0 Å². The van der Waals surface area contributed by atoms with E-state index in [1.165, 1.54) is 0 Å². The van der Waals surface area contributed by atoms with Crippen LogP contribution in [0.25, 0.3) is 0 Å². The van der Waals surface area contributed by atoms with Crippen LogP contribution in [0.5, 0.6) is 0 Å². The Kier molecular flexibility index (Phi) is 15.0. The number of rotatable bonds is 6. The Balaban J connectivity index is 0.000000292. The van der Waals surface area contributed by atoms with E-state index >= 15 is 0 Å². The van der Waals surface area contributed by atoms with Gasteiger partial charge in [-0.3, -0.25) is 14.4 Å². The summed E-state index contributed by atoms with van der Waals surface area (Å²) in [7, 11) is 0. The first-order valence-electron chi connectivity index (χ1n) is 14.7. The van der Waals surface area contributed by atoms with Crippen LogP contribution in [-0.4, -0.2) is 75.5 Å². The van der Waals surface area contributed by atoms with Gasteiger partial charge in [-0.15, -0.1) is 0 Å². The van der Waals surface area contributed by atoms with Crippen LogP contribution in [0.4, 0.5) is 0 Å². The van der Waals surface area contributed by atoms with Gasteiger partial charge in [0.1, 0.15) is 0 Å². The summed E-state index contributed by atoms with van der Waals surface area (Å²) in [6.45, 7) is 21.7. The SMILES string of the molecule is CC(C)(C)C(=O)NCC1CCCO1.CC(C)(C)C(=O)NC[C@@H]1CCCO1.CC(C)(C)C(=O)NC[C@H]1CCCO1. The number of ether oxygens (including phenoxy) is 3. The Morgan fingerprint density at radius 1 is 0.513 bits per heavy atom. The van der Waals surface area contributed by atoms with Gasteiger partial charge in [-0.25, -0.2) is 0 Å². The minimum atomic E-state index is -0.293. The van der Waals surface area contributed by atoms with Crippen LogP contribution >= 0.6 is 0 Å². The van der Waals surface area contributed by atoms with Gasteiger partial charge in [0.15, 0.2) is 0 Å². The molecule has 0 radical (unpaired) electrons. The van der Waals surface area contributed by atoms with Crippen LogP contribution in [0.2, 0.25) is 0 Å². The molecule has 3 rings (SSSR count). The fraction of sp³-hybridized carbons (Fsp3) is 0.900. The Bertz CT molecular complexity index is 633. The number of hydrogen-bond acceptors (Lipinski definition) is 6. The van der Waals surface area contributed by atoms with E-state index in [0.29, 0.717) is 19.6 Å². The molecule has 9 heteroatoms. The second-order valence-electron chi connectivity index (χ2n) is 13.8. The van der Waals surface area contributed by atoms with Gasteiger partial charge in [-0.1, -0.05) is 62.3 Å². The van der Waals surface area contributed by atoms with E-state index in [-0.39, 0.29) is 52.3 Å². The van der Waals surface area contributed by atoms with E-state index in [1.807, 2.05) is 62.3 Å². The second kappa shape index (κ2) is 16.5. The lowest BCUT2D eigenvalue weighted by atomic mass is 9.95. The molecule has 3 saturated heterocycles. The molecule has 0 saturated carbocycles. The monoisotopic (exact) mass is 555 g/mol. The van der Waals surface area contributed by atoms with E-state index in [9.17, 15) is 14.4 Å². The first-order valence-corrected chi connectivity index (χ1v) is 14.7. The molecule has 0 bridgehead atoms. The first kappa shape index (κ1) is 35.3. The highest BCUT2D eigenvalue weighted by Crippen LogP contribution is 2.16. The number of nitrogens with one attached hydrogen (secondary N) is 3. The molecule has 3 fully saturated rings. The predicted molar refractivity (Wildman–Crippen MR) is 154 cm³/mol. The molecule has 3 aliphatic heterocycles. The number of carbonyl (C=O) groups excluding carboxylic acids is 3. The average molecular weight is 556 g/mol. The smallest absolute Gasteiger partial charge is 0.225 e. The third kappa shape index (κ3) is 15.6. The third-order valence-corrected chi connectivity index (χ3v) is 6.59. The summed E-state index contributed by atoms with van der Waals surface area (Å²) >= 11 is 0. The van der Waals surface area contributed by atoms with Gasteiger partial charge in [-0.05, 0) is 38.5 Å². The van der Waals surface area contributed by atoms with E-state index in [0.717, 1.165) is 58.3 Å². The van der Waals surface area contributed by atoms with Gasteiger partial charge < -0.3 is 30.2 Å². The molecule has 0 aliphatic carbocycles. The largest absolute Gasteiger partial charge is 0.376 e. The quantitative estimate of drug-likeness (QED) is 0.457. The number of hydrogen-bond donors (Lipinski definition) is 3. The van der Waals surface area contributed by atoms with E-state index in [2.05, 4.69) is 16.0 Å². The van der Waals surface area contributed by atoms with Gasteiger partial charge in [0.25, 0.3) is 0 Å². The molecule has 3 amide bonds. The molecular weight excluding hydrogens is 498 g/mol. The molecule has 1 unspecified atom stereocenters. The number of amides is 3. The molecular formula is C30H57N3O6. The maximum absolute atomic E-state index is 11.5. The molecule has 3 heterocycles. The van der Waals surface area contributed by atoms with Crippen molar-refractivity contribution in [1.29, 1.82) is 0 Å². The van der Waals surface area contributed by atoms with Crippen LogP contribution < -0.4 is 16.0 Å². The Morgan fingerprint density at radius 2 is 0.744 bits per heavy atom. The molecule has 228 valence electrons. The Labute approximate surface area is 237 Å². The Hall–Kier alpha value is -1.71. The maximum Gasteiger partial charge on any atom is 0.225 e. The lowest BCUT2D eigenvalue weighted by Gasteiger charge is -2.19. The van der Waals surface area contributed by atoms with Crippen molar-refractivity contribution < 1.29 is 28.6 Å². The average Bonchev–Trinajstić information content (AvgIpc) is 3.62. The van der Waals surface area contributed by atoms with E-state index in [1.54, 1.807) is 0 Å². The fourth-order valence-corrected chi connectivity index (χ4v) is 3.83. The molecule has 3 atom stereocenters. The summed E-state index contributed by atoms with van der Waals surface area (Å²) in [5.74, 6) is 0.300. The summed E-state index contributed by atoms with van der Waals surface area (Å²) in [5, 5.41) is 8.70. The fourth-order valence-electron chi connectivity index (χ4n) is 3.83. The van der Waals surface area contributed by atoms with Crippen molar-refractivity contribution in [2.24, 2.45) is 16.2 Å². The normalized spacial score (nSPS) is 23.2. The standard InChI is InChI=1S/3C10H19NO2/c3*1-10(2,3)9(12)11-7-8-5-4-6-13-8/h3*8H,4-7H2,1-3H3,(H,11,12)/t2*8-;/m10./s1. The molecule has 0 aromatic rings. The molecule has 0 aromatic heterocycles. The minimum absolute atomic E-state index is 0.100. The highest BCUT2D eigenvalue weighted by Gasteiger charge is 2.25. The van der Waals surface area contributed by atoms with Crippen molar-refractivity contribution in [3.05, 3.63) is 0 Å². The van der Waals surface area contributed by atoms with Crippen molar-refractivity contribution >= 4 is 17.7 Å². The number of carbonyl (C=O) groups is 3. The predicted octanol–water partition coefficient (Wildman–Crippen LogP) is 3.98. The third-order valence-electron chi connectivity index (χ3n) is 6.59. The van der Waals surface area contributed by atoms with Crippen molar-refractivity contribution in [1.82, 2.24) is 16.0 Å². The van der Waals surface area contributed by atoms with Gasteiger partial charge in [-0.2, -0.15) is 0 Å². The van der Waals surface area contributed by atoms with Crippen LogP contribution in [0, 0.1) is 16.2 Å². The van der Waals surface area contributed by atoms with Crippen molar-refractivity contribution in [3.8, 4) is 0 Å². The topological polar surface area (TPSA) is 115 Å². The molecule has 9 nitrogen and oxygen atoms in total. The summed E-state index contributed by atoms with van der Waals surface area (Å²) in [4.78, 5) is 34.4. The van der Waals surface area contributed by atoms with Crippen LogP contribution in [0.15, 0.2) is 0 Å². The summed E-state index contributed by atoms with van der Waals surface area (Å²) < 4.78 is 16.2. The van der Waals surface area contributed by atoms with Gasteiger partial charge in [0, 0.05) is 55.7 Å². The first-order chi connectivity index (χ1) is 18.0.